The average molecular weight is 329 g/mol. The van der Waals surface area contributed by atoms with Gasteiger partial charge in [0.05, 0.1) is 5.52 Å². The van der Waals surface area contributed by atoms with E-state index in [0.29, 0.717) is 0 Å². The largest absolute Gasteiger partial charge is 0.399 e. The summed E-state index contributed by atoms with van der Waals surface area (Å²) in [7, 11) is 0. The van der Waals surface area contributed by atoms with E-state index in [1.807, 2.05) is 37.4 Å². The minimum atomic E-state index is 0.762. The molecule has 4 rings (SSSR count). The standard InChI is InChI=1S/C22H23N3/c1-2-6-15(23)7-5-10-20-16-8-3-4-9-17(16)22-18-13-14-24-19(18)11-12-21(22)25-20/h2,5-7,10-14,25H,3-4,8-9,23H2,1H3/b6-2-,10-5+,15-7+. The Morgan fingerprint density at radius 3 is 2.84 bits per heavy atom. The molecule has 1 aliphatic rings. The molecule has 2 aromatic heterocycles. The van der Waals surface area contributed by atoms with Gasteiger partial charge in [-0.2, -0.15) is 0 Å². The molecular weight excluding hydrogens is 306 g/mol. The predicted octanol–water partition coefficient (Wildman–Crippen LogP) is 5.03. The summed E-state index contributed by atoms with van der Waals surface area (Å²) in [6.07, 6.45) is 16.7. The van der Waals surface area contributed by atoms with Crippen LogP contribution in [0, 0.1) is 0 Å². The van der Waals surface area contributed by atoms with Gasteiger partial charge in [0.15, 0.2) is 0 Å². The average Bonchev–Trinajstić information content (AvgIpc) is 3.10. The van der Waals surface area contributed by atoms with Crippen LogP contribution in [0.1, 0.15) is 36.6 Å². The Balaban J connectivity index is 1.89. The molecule has 0 saturated heterocycles. The van der Waals surface area contributed by atoms with E-state index in [-0.39, 0.29) is 0 Å². The third kappa shape index (κ3) is 2.86. The molecule has 0 radical (unpaired) electrons. The molecule has 0 aliphatic heterocycles. The van der Waals surface area contributed by atoms with Crippen LogP contribution in [0.15, 0.2) is 54.4 Å². The van der Waals surface area contributed by atoms with Gasteiger partial charge in [0, 0.05) is 33.9 Å². The van der Waals surface area contributed by atoms with E-state index in [9.17, 15) is 0 Å². The highest BCUT2D eigenvalue weighted by Gasteiger charge is 2.18. The van der Waals surface area contributed by atoms with E-state index in [2.05, 4.69) is 34.2 Å². The minimum absolute atomic E-state index is 0.762. The maximum Gasteiger partial charge on any atom is 0.0710 e. The molecule has 25 heavy (non-hydrogen) atoms. The van der Waals surface area contributed by atoms with Crippen LogP contribution in [0.3, 0.4) is 0 Å². The first kappa shape index (κ1) is 15.7. The van der Waals surface area contributed by atoms with Crippen LogP contribution < -0.4 is 5.73 Å². The van der Waals surface area contributed by atoms with Crippen LogP contribution in [0.4, 0.5) is 0 Å². The number of rotatable bonds is 3. The topological polar surface area (TPSA) is 54.7 Å². The highest BCUT2D eigenvalue weighted by Crippen LogP contribution is 2.34. The lowest BCUT2D eigenvalue weighted by atomic mass is 9.87. The monoisotopic (exact) mass is 329 g/mol. The number of aryl methyl sites for hydroxylation is 1. The van der Waals surface area contributed by atoms with Crippen LogP contribution in [-0.4, -0.2) is 9.97 Å². The van der Waals surface area contributed by atoms with Gasteiger partial charge in [0.2, 0.25) is 0 Å². The molecule has 126 valence electrons. The summed E-state index contributed by atoms with van der Waals surface area (Å²) < 4.78 is 0. The van der Waals surface area contributed by atoms with E-state index >= 15 is 0 Å². The summed E-state index contributed by atoms with van der Waals surface area (Å²) in [6, 6.07) is 6.39. The molecule has 0 amide bonds. The van der Waals surface area contributed by atoms with Gasteiger partial charge in [-0.3, -0.25) is 4.98 Å². The summed E-state index contributed by atoms with van der Waals surface area (Å²) in [4.78, 5) is 8.11. The fourth-order valence-electron chi connectivity index (χ4n) is 3.86. The van der Waals surface area contributed by atoms with Gasteiger partial charge in [-0.05, 0) is 80.2 Å². The van der Waals surface area contributed by atoms with E-state index in [1.165, 1.54) is 46.0 Å². The molecule has 3 heteroatoms. The number of nitrogens with two attached hydrogens (primary N) is 1. The molecule has 0 bridgehead atoms. The van der Waals surface area contributed by atoms with Gasteiger partial charge in [-0.15, -0.1) is 0 Å². The van der Waals surface area contributed by atoms with E-state index < -0.39 is 0 Å². The normalized spacial score (nSPS) is 15.6. The first-order valence-electron chi connectivity index (χ1n) is 8.95. The minimum Gasteiger partial charge on any atom is -0.399 e. The second kappa shape index (κ2) is 6.60. The summed E-state index contributed by atoms with van der Waals surface area (Å²) >= 11 is 0. The van der Waals surface area contributed by atoms with Crippen molar-refractivity contribution in [2.24, 2.45) is 5.73 Å². The zero-order valence-corrected chi connectivity index (χ0v) is 14.5. The van der Waals surface area contributed by atoms with Crippen molar-refractivity contribution < 1.29 is 0 Å². The quantitative estimate of drug-likeness (QED) is 0.662. The van der Waals surface area contributed by atoms with Crippen LogP contribution in [-0.2, 0) is 12.8 Å². The fraction of sp³-hybridized carbons (Fsp3) is 0.227. The van der Waals surface area contributed by atoms with Crippen LogP contribution in [0.2, 0.25) is 0 Å². The van der Waals surface area contributed by atoms with Crippen LogP contribution >= 0.6 is 0 Å². The molecule has 3 N–H and O–H groups in total. The number of hydrogen-bond donors (Lipinski definition) is 2. The van der Waals surface area contributed by atoms with E-state index in [0.717, 1.165) is 24.1 Å². The molecule has 3 nitrogen and oxygen atoms in total. The van der Waals surface area contributed by atoms with Crippen molar-refractivity contribution in [2.75, 3.05) is 0 Å². The van der Waals surface area contributed by atoms with Crippen molar-refractivity contribution in [3.8, 4) is 0 Å². The lowest BCUT2D eigenvalue weighted by Gasteiger charge is -2.21. The maximum atomic E-state index is 5.93. The Hall–Kier alpha value is -2.81. The molecule has 1 aromatic carbocycles. The number of benzene rings is 1. The van der Waals surface area contributed by atoms with Crippen molar-refractivity contribution in [1.82, 2.24) is 9.97 Å². The van der Waals surface area contributed by atoms with Gasteiger partial charge >= 0.3 is 0 Å². The number of fused-ring (bicyclic) bond motifs is 5. The Labute approximate surface area is 148 Å². The number of aromatic nitrogens is 2. The molecule has 2 heterocycles. The molecule has 1 aliphatic carbocycles. The number of H-pyrrole nitrogens is 1. The van der Waals surface area contributed by atoms with Crippen molar-refractivity contribution in [3.05, 3.63) is 71.2 Å². The van der Waals surface area contributed by atoms with Gasteiger partial charge in [-0.1, -0.05) is 12.2 Å². The Kier molecular flexibility index (Phi) is 4.14. The summed E-state index contributed by atoms with van der Waals surface area (Å²) in [5.74, 6) is 0. The van der Waals surface area contributed by atoms with E-state index in [1.54, 1.807) is 0 Å². The number of nitrogens with one attached hydrogen (secondary N) is 1. The lowest BCUT2D eigenvalue weighted by Crippen LogP contribution is -2.07. The van der Waals surface area contributed by atoms with Gasteiger partial charge < -0.3 is 10.7 Å². The Morgan fingerprint density at radius 2 is 2.00 bits per heavy atom. The van der Waals surface area contributed by atoms with Crippen molar-refractivity contribution in [1.29, 1.82) is 0 Å². The highest BCUT2D eigenvalue weighted by atomic mass is 14.7. The summed E-state index contributed by atoms with van der Waals surface area (Å²) in [5, 5.41) is 2.62. The van der Waals surface area contributed by atoms with E-state index in [4.69, 9.17) is 5.73 Å². The molecule has 0 fully saturated rings. The molecule has 0 atom stereocenters. The number of hydrogen-bond acceptors (Lipinski definition) is 2. The molecule has 0 saturated carbocycles. The lowest BCUT2D eigenvalue weighted by molar-refractivity contribution is 0.686. The van der Waals surface area contributed by atoms with Crippen molar-refractivity contribution in [3.63, 3.8) is 0 Å². The summed E-state index contributed by atoms with van der Waals surface area (Å²) in [5.41, 5.74) is 13.1. The molecular formula is C22H23N3. The van der Waals surface area contributed by atoms with Crippen LogP contribution in [0.25, 0.3) is 27.9 Å². The van der Waals surface area contributed by atoms with Crippen molar-refractivity contribution >= 4 is 27.9 Å². The van der Waals surface area contributed by atoms with Crippen LogP contribution in [0.5, 0.6) is 0 Å². The second-order valence-corrected chi connectivity index (χ2v) is 6.59. The van der Waals surface area contributed by atoms with Gasteiger partial charge in [0.1, 0.15) is 0 Å². The van der Waals surface area contributed by atoms with Gasteiger partial charge in [0.25, 0.3) is 0 Å². The molecule has 0 spiro atoms. The Bertz CT molecular complexity index is 1020. The number of nitrogens with zero attached hydrogens (tertiary/aromatic N) is 1. The SMILES string of the molecule is C\C=C/C(N)=C\C=C\c1[nH]c2ccc3nccc3c2c2c1CCCC2. The molecule has 0 unspecified atom stereocenters. The zero-order valence-electron chi connectivity index (χ0n) is 14.5. The first-order valence-corrected chi connectivity index (χ1v) is 8.95. The van der Waals surface area contributed by atoms with Gasteiger partial charge in [-0.25, -0.2) is 0 Å². The summed E-state index contributed by atoms with van der Waals surface area (Å²) in [6.45, 7) is 1.97. The number of aromatic amines is 1. The Morgan fingerprint density at radius 1 is 1.16 bits per heavy atom. The molecule has 3 aromatic rings. The third-order valence-electron chi connectivity index (χ3n) is 4.95. The second-order valence-electron chi connectivity index (χ2n) is 6.59. The number of allylic oxidation sites excluding steroid dienone is 4. The smallest absolute Gasteiger partial charge is 0.0710 e. The highest BCUT2D eigenvalue weighted by molar-refractivity contribution is 6.07. The fourth-order valence-corrected chi connectivity index (χ4v) is 3.86. The van der Waals surface area contributed by atoms with Crippen molar-refractivity contribution in [2.45, 2.75) is 32.6 Å². The predicted molar refractivity (Wildman–Crippen MR) is 106 cm³/mol. The number of pyridine rings is 1. The first-order chi connectivity index (χ1) is 12.3. The third-order valence-corrected chi connectivity index (χ3v) is 4.95. The maximum absolute atomic E-state index is 5.93. The zero-order chi connectivity index (χ0) is 17.2.